The Morgan fingerprint density at radius 2 is 1.19 bits per heavy atom. The molecule has 0 spiro atoms. The minimum Gasteiger partial charge on any atom is -0.378 e. The summed E-state index contributed by atoms with van der Waals surface area (Å²) in [6, 6.07) is 0.808. The molecule has 4 heterocycles. The van der Waals surface area contributed by atoms with Crippen molar-refractivity contribution >= 4 is 47.4 Å². The first-order valence-corrected chi connectivity index (χ1v) is 15.6. The van der Waals surface area contributed by atoms with Gasteiger partial charge in [-0.25, -0.2) is 9.59 Å². The predicted molar refractivity (Wildman–Crippen MR) is 145 cm³/mol. The zero-order valence-electron chi connectivity index (χ0n) is 21.2. The molecule has 0 unspecified atom stereocenters. The average Bonchev–Trinajstić information content (AvgIpc) is 3.61. The van der Waals surface area contributed by atoms with Gasteiger partial charge < -0.3 is 36.6 Å². The molecule has 4 fully saturated rings. The molecule has 4 saturated heterocycles. The van der Waals surface area contributed by atoms with E-state index in [-0.39, 0.29) is 48.0 Å². The van der Waals surface area contributed by atoms with Crippen LogP contribution in [0, 0.1) is 0 Å². The molecular weight excluding hydrogens is 516 g/mol. The van der Waals surface area contributed by atoms with Crippen LogP contribution < -0.4 is 31.9 Å². The molecule has 4 aliphatic heterocycles. The van der Waals surface area contributed by atoms with Crippen LogP contribution in [0.4, 0.5) is 9.59 Å². The van der Waals surface area contributed by atoms with Crippen molar-refractivity contribution in [3.05, 3.63) is 0 Å². The van der Waals surface area contributed by atoms with Crippen LogP contribution in [-0.2, 0) is 14.3 Å². The van der Waals surface area contributed by atoms with Gasteiger partial charge in [0.2, 0.25) is 11.8 Å². The summed E-state index contributed by atoms with van der Waals surface area (Å²) < 4.78 is 5.50. The van der Waals surface area contributed by atoms with E-state index in [1.54, 1.807) is 0 Å². The summed E-state index contributed by atoms with van der Waals surface area (Å²) in [4.78, 5) is 46.9. The van der Waals surface area contributed by atoms with Crippen LogP contribution in [0.15, 0.2) is 0 Å². The highest BCUT2D eigenvalue weighted by atomic mass is 32.2. The average molecular weight is 557 g/mol. The summed E-state index contributed by atoms with van der Waals surface area (Å²) in [7, 11) is 0. The van der Waals surface area contributed by atoms with E-state index in [2.05, 4.69) is 31.9 Å². The summed E-state index contributed by atoms with van der Waals surface area (Å²) in [5.74, 6) is 1.98. The molecule has 208 valence electrons. The highest BCUT2D eigenvalue weighted by Crippen LogP contribution is 2.34. The number of hydrogen-bond donors (Lipinski definition) is 6. The third kappa shape index (κ3) is 8.57. The van der Waals surface area contributed by atoms with Crippen LogP contribution in [0.2, 0.25) is 0 Å². The zero-order valence-corrected chi connectivity index (χ0v) is 22.9. The fourth-order valence-electron chi connectivity index (χ4n) is 5.35. The Bertz CT molecular complexity index is 756. The largest absolute Gasteiger partial charge is 0.378 e. The minimum atomic E-state index is -0.0625. The van der Waals surface area contributed by atoms with Gasteiger partial charge in [0.25, 0.3) is 0 Å². The molecule has 0 bridgehead atoms. The van der Waals surface area contributed by atoms with Crippen LogP contribution in [-0.4, -0.2) is 96.4 Å². The zero-order chi connectivity index (χ0) is 26.0. The summed E-state index contributed by atoms with van der Waals surface area (Å²) in [5, 5.41) is 18.5. The van der Waals surface area contributed by atoms with Gasteiger partial charge in [-0.2, -0.15) is 23.5 Å². The number of urea groups is 2. The van der Waals surface area contributed by atoms with Crippen molar-refractivity contribution in [3.8, 4) is 0 Å². The van der Waals surface area contributed by atoms with Gasteiger partial charge in [-0.05, 0) is 25.7 Å². The second kappa shape index (κ2) is 14.3. The minimum absolute atomic E-state index is 0.0304. The van der Waals surface area contributed by atoms with Gasteiger partial charge in [0.15, 0.2) is 0 Å². The molecule has 0 aromatic carbocycles. The Kier molecular flexibility index (Phi) is 10.9. The van der Waals surface area contributed by atoms with Crippen LogP contribution in [0.1, 0.15) is 51.4 Å². The third-order valence-corrected chi connectivity index (χ3v) is 10.3. The maximum atomic E-state index is 12.0. The van der Waals surface area contributed by atoms with Gasteiger partial charge in [0.05, 0.1) is 37.4 Å². The summed E-state index contributed by atoms with van der Waals surface area (Å²) >= 11 is 3.80. The molecule has 6 atom stereocenters. The lowest BCUT2D eigenvalue weighted by Gasteiger charge is -2.16. The highest BCUT2D eigenvalue weighted by Gasteiger charge is 2.43. The highest BCUT2D eigenvalue weighted by molar-refractivity contribution is 8.00. The van der Waals surface area contributed by atoms with Gasteiger partial charge in [-0.3, -0.25) is 9.59 Å². The number of ether oxygens (including phenoxy) is 1. The molecule has 0 aromatic heterocycles. The van der Waals surface area contributed by atoms with E-state index < -0.39 is 0 Å². The van der Waals surface area contributed by atoms with E-state index in [0.29, 0.717) is 49.6 Å². The number of carbonyl (C=O) groups excluding carboxylic acids is 4. The second-order valence-electron chi connectivity index (χ2n) is 10.0. The van der Waals surface area contributed by atoms with E-state index in [0.717, 1.165) is 50.0 Å². The van der Waals surface area contributed by atoms with Crippen LogP contribution in [0.25, 0.3) is 0 Å². The molecule has 11 nitrogen and oxygen atoms in total. The summed E-state index contributed by atoms with van der Waals surface area (Å²) in [6.07, 6.45) is 6.62. The molecule has 37 heavy (non-hydrogen) atoms. The molecule has 4 aliphatic rings. The third-order valence-electron chi connectivity index (χ3n) is 7.30. The molecular formula is C24H40N6O5S2. The second-order valence-corrected chi connectivity index (χ2v) is 12.6. The quantitative estimate of drug-likeness (QED) is 0.121. The molecule has 6 amide bonds. The van der Waals surface area contributed by atoms with Crippen molar-refractivity contribution in [1.82, 2.24) is 31.9 Å². The summed E-state index contributed by atoms with van der Waals surface area (Å²) in [5.41, 5.74) is 0. The number of carbonyl (C=O) groups is 4. The van der Waals surface area contributed by atoms with Crippen LogP contribution in [0.5, 0.6) is 0 Å². The Labute approximate surface area is 226 Å². The van der Waals surface area contributed by atoms with Crippen molar-refractivity contribution in [2.45, 2.75) is 86.0 Å². The van der Waals surface area contributed by atoms with E-state index in [1.165, 1.54) is 0 Å². The van der Waals surface area contributed by atoms with Crippen molar-refractivity contribution in [2.24, 2.45) is 0 Å². The monoisotopic (exact) mass is 556 g/mol. The lowest BCUT2D eigenvalue weighted by atomic mass is 10.0. The Balaban J connectivity index is 0.906. The lowest BCUT2D eigenvalue weighted by molar-refractivity contribution is -0.121. The van der Waals surface area contributed by atoms with Gasteiger partial charge in [0.1, 0.15) is 0 Å². The molecule has 0 aromatic rings. The lowest BCUT2D eigenvalue weighted by Crippen LogP contribution is -2.36. The maximum Gasteiger partial charge on any atom is 0.315 e. The number of hydrogen-bond acceptors (Lipinski definition) is 7. The topological polar surface area (TPSA) is 150 Å². The van der Waals surface area contributed by atoms with Crippen LogP contribution in [0.3, 0.4) is 0 Å². The Morgan fingerprint density at radius 3 is 1.65 bits per heavy atom. The van der Waals surface area contributed by atoms with Crippen molar-refractivity contribution < 1.29 is 23.9 Å². The normalized spacial score (nSPS) is 29.6. The SMILES string of the molecule is O=C(CCCC[C@@H]1SC[C@@H]2NC(=O)N[C@@H]21)NCCOCCNC(=O)CCCC[C@H]1SC[C@H]2NC(=O)N[C@H]21. The maximum absolute atomic E-state index is 12.0. The fourth-order valence-corrected chi connectivity index (χ4v) is 8.44. The molecule has 13 heteroatoms. The van der Waals surface area contributed by atoms with E-state index >= 15 is 0 Å². The molecule has 0 aliphatic carbocycles. The van der Waals surface area contributed by atoms with Crippen molar-refractivity contribution in [3.63, 3.8) is 0 Å². The Morgan fingerprint density at radius 1 is 0.730 bits per heavy atom. The summed E-state index contributed by atoms with van der Waals surface area (Å²) in [6.45, 7) is 1.76. The van der Waals surface area contributed by atoms with Crippen molar-refractivity contribution in [1.29, 1.82) is 0 Å². The number of thioether (sulfide) groups is 2. The number of nitrogens with one attached hydrogen (secondary N) is 6. The number of amides is 6. The molecule has 0 radical (unpaired) electrons. The van der Waals surface area contributed by atoms with Crippen molar-refractivity contribution in [2.75, 3.05) is 37.8 Å². The smallest absolute Gasteiger partial charge is 0.315 e. The number of rotatable bonds is 16. The van der Waals surface area contributed by atoms with Crippen LogP contribution >= 0.6 is 23.5 Å². The molecule has 6 N–H and O–H groups in total. The van der Waals surface area contributed by atoms with E-state index in [4.69, 9.17) is 4.74 Å². The first-order chi connectivity index (χ1) is 18.0. The Hall–Kier alpha value is -1.86. The van der Waals surface area contributed by atoms with E-state index in [1.807, 2.05) is 23.5 Å². The number of fused-ring (bicyclic) bond motifs is 2. The van der Waals surface area contributed by atoms with Gasteiger partial charge >= 0.3 is 12.1 Å². The van der Waals surface area contributed by atoms with Gasteiger partial charge in [0, 0.05) is 47.9 Å². The fraction of sp³-hybridized carbons (Fsp3) is 0.833. The standard InChI is InChI=1S/C24H40N6O5S2/c31-19(7-3-1-5-17-21-15(13-36-17)27-23(33)29-21)25-9-11-35-12-10-26-20(32)8-4-2-6-18-22-16(14-37-18)28-24(34)30-22/h15-18,21-22H,1-14H2,(H,25,31)(H,26,32)(H2,27,29,33)(H2,28,30,34)/t15-,16+,17-,18+,21-,22+. The number of unbranched alkanes of at least 4 members (excludes halogenated alkanes) is 2. The predicted octanol–water partition coefficient (Wildman–Crippen LogP) is 0.687. The molecule has 4 rings (SSSR count). The first kappa shape index (κ1) is 28.2. The van der Waals surface area contributed by atoms with Gasteiger partial charge in [-0.15, -0.1) is 0 Å². The molecule has 0 saturated carbocycles. The van der Waals surface area contributed by atoms with Gasteiger partial charge in [-0.1, -0.05) is 12.8 Å². The van der Waals surface area contributed by atoms with E-state index in [9.17, 15) is 19.2 Å². The first-order valence-electron chi connectivity index (χ1n) is 13.5.